The summed E-state index contributed by atoms with van der Waals surface area (Å²) in [6.07, 6.45) is -3.28. The number of fused-ring (bicyclic) bond motifs is 1. The molecular weight excluding hydrogens is 678 g/mol. The van der Waals surface area contributed by atoms with Gasteiger partial charge in [-0.05, 0) is 30.7 Å². The molecule has 0 radical (unpaired) electrons. The predicted octanol–water partition coefficient (Wildman–Crippen LogP) is 2.80. The Bertz CT molecular complexity index is 1970. The van der Waals surface area contributed by atoms with E-state index in [4.69, 9.17) is 16.3 Å². The van der Waals surface area contributed by atoms with Crippen molar-refractivity contribution in [3.63, 3.8) is 0 Å². The van der Waals surface area contributed by atoms with E-state index in [9.17, 15) is 37.1 Å². The maximum Gasteiger partial charge on any atom is 0.416 e. The SMILES string of the molecule is CCc1c(N2CCN(C(=O)c3nccc(F)c3O)CC2)c(=O)n2nc(N3CCOCC3)nc2n1CC(=O)Nc1ccc(C(F)(F)F)cc1Cl. The zero-order chi connectivity index (χ0) is 35.0. The van der Waals surface area contributed by atoms with E-state index in [1.54, 1.807) is 11.8 Å². The molecule has 5 heterocycles. The number of hydrogen-bond acceptors (Lipinski definition) is 10. The third-order valence-electron chi connectivity index (χ3n) is 8.28. The molecule has 49 heavy (non-hydrogen) atoms. The number of carbonyl (C=O) groups is 2. The predicted molar refractivity (Wildman–Crippen MR) is 169 cm³/mol. The number of alkyl halides is 3. The van der Waals surface area contributed by atoms with E-state index in [1.807, 2.05) is 4.90 Å². The Balaban J connectivity index is 1.34. The van der Waals surface area contributed by atoms with Crippen LogP contribution in [0.1, 0.15) is 28.7 Å². The second kappa shape index (κ2) is 13.5. The number of carbonyl (C=O) groups excluding carboxylic acids is 2. The second-order valence-electron chi connectivity index (χ2n) is 11.3. The zero-order valence-electron chi connectivity index (χ0n) is 26.0. The van der Waals surface area contributed by atoms with Crippen LogP contribution in [0.4, 0.5) is 34.9 Å². The molecule has 1 aromatic carbocycles. The number of aromatic hydroxyl groups is 1. The van der Waals surface area contributed by atoms with Gasteiger partial charge in [0.1, 0.15) is 12.2 Å². The molecule has 19 heteroatoms. The molecule has 0 unspecified atom stereocenters. The van der Waals surface area contributed by atoms with Gasteiger partial charge >= 0.3 is 6.18 Å². The highest BCUT2D eigenvalue weighted by Gasteiger charge is 2.32. The Kier molecular flexibility index (Phi) is 9.35. The number of morpholine rings is 1. The zero-order valence-corrected chi connectivity index (χ0v) is 26.8. The molecule has 2 N–H and O–H groups in total. The minimum Gasteiger partial charge on any atom is -0.503 e. The van der Waals surface area contributed by atoms with Crippen molar-refractivity contribution in [1.29, 1.82) is 0 Å². The molecular formula is C30H30ClF4N9O5. The van der Waals surface area contributed by atoms with Gasteiger partial charge in [0.05, 0.1) is 35.2 Å². The van der Waals surface area contributed by atoms with Crippen molar-refractivity contribution in [2.24, 2.45) is 0 Å². The number of amides is 2. The topological polar surface area (TPSA) is 150 Å². The lowest BCUT2D eigenvalue weighted by atomic mass is 10.2. The molecule has 0 bridgehead atoms. The van der Waals surface area contributed by atoms with Gasteiger partial charge in [-0.25, -0.2) is 9.37 Å². The number of nitrogens with zero attached hydrogens (tertiary/aromatic N) is 8. The van der Waals surface area contributed by atoms with E-state index in [2.05, 4.69) is 20.4 Å². The Morgan fingerprint density at radius 2 is 1.78 bits per heavy atom. The van der Waals surface area contributed by atoms with E-state index >= 15 is 0 Å². The summed E-state index contributed by atoms with van der Waals surface area (Å²) in [5.74, 6) is -2.84. The van der Waals surface area contributed by atoms with Crippen LogP contribution in [0, 0.1) is 5.82 Å². The number of pyridine rings is 1. The summed E-state index contributed by atoms with van der Waals surface area (Å²) in [6.45, 7) is 3.69. The Hall–Kier alpha value is -4.97. The molecule has 14 nitrogen and oxygen atoms in total. The molecule has 0 saturated carbocycles. The summed E-state index contributed by atoms with van der Waals surface area (Å²) >= 11 is 6.09. The van der Waals surface area contributed by atoms with Crippen LogP contribution in [0.2, 0.25) is 5.02 Å². The fourth-order valence-corrected chi connectivity index (χ4v) is 6.04. The molecule has 3 aromatic heterocycles. The first-order valence-electron chi connectivity index (χ1n) is 15.3. The molecule has 260 valence electrons. The minimum absolute atomic E-state index is 0.0370. The van der Waals surface area contributed by atoms with Crippen LogP contribution >= 0.6 is 11.6 Å². The standard InChI is InChI=1S/C30H30ClF4N9O5/c1-2-21-24(40-7-9-41(10-8-40)26(47)23-25(46)19(32)5-6-36-23)27(48)44-29(38-28(39-44)42-11-13-49-14-12-42)43(21)16-22(45)37-20-4-3-17(15-18(20)31)30(33,34)35/h3-6,15,46H,2,7-14,16H2,1H3,(H,37,45). The largest absolute Gasteiger partial charge is 0.503 e. The highest BCUT2D eigenvalue weighted by atomic mass is 35.5. The summed E-state index contributed by atoms with van der Waals surface area (Å²) in [5.41, 5.74) is -1.30. The van der Waals surface area contributed by atoms with Crippen molar-refractivity contribution in [3.8, 4) is 5.75 Å². The van der Waals surface area contributed by atoms with Crippen LogP contribution in [0.5, 0.6) is 5.75 Å². The van der Waals surface area contributed by atoms with Gasteiger partial charge < -0.3 is 34.4 Å². The number of aromatic nitrogens is 5. The normalized spacial score (nSPS) is 15.6. The number of rotatable bonds is 7. The van der Waals surface area contributed by atoms with Crippen molar-refractivity contribution in [2.75, 3.05) is 67.6 Å². The highest BCUT2D eigenvalue weighted by molar-refractivity contribution is 6.33. The first-order valence-corrected chi connectivity index (χ1v) is 15.6. The Morgan fingerprint density at radius 3 is 2.43 bits per heavy atom. The lowest BCUT2D eigenvalue weighted by molar-refractivity contribution is -0.137. The highest BCUT2D eigenvalue weighted by Crippen LogP contribution is 2.34. The van der Waals surface area contributed by atoms with E-state index in [1.165, 1.54) is 9.47 Å². The third kappa shape index (κ3) is 6.69. The van der Waals surface area contributed by atoms with Gasteiger partial charge in [-0.15, -0.1) is 5.10 Å². The van der Waals surface area contributed by atoms with Crippen LogP contribution in [-0.4, -0.2) is 98.5 Å². The van der Waals surface area contributed by atoms with Gasteiger partial charge in [0, 0.05) is 45.5 Å². The van der Waals surface area contributed by atoms with Crippen molar-refractivity contribution in [1.82, 2.24) is 29.0 Å². The number of ether oxygens (including phenoxy) is 1. The summed E-state index contributed by atoms with van der Waals surface area (Å²) in [6, 6.07) is 3.51. The van der Waals surface area contributed by atoms with E-state index in [-0.39, 0.29) is 60.7 Å². The van der Waals surface area contributed by atoms with Crippen molar-refractivity contribution >= 4 is 46.5 Å². The summed E-state index contributed by atoms with van der Waals surface area (Å²) in [5, 5.41) is 16.8. The average Bonchev–Trinajstić information content (AvgIpc) is 3.54. The second-order valence-corrected chi connectivity index (χ2v) is 11.7. The minimum atomic E-state index is -4.62. The van der Waals surface area contributed by atoms with E-state index in [0.29, 0.717) is 38.1 Å². The third-order valence-corrected chi connectivity index (χ3v) is 8.59. The molecule has 0 atom stereocenters. The number of benzene rings is 1. The summed E-state index contributed by atoms with van der Waals surface area (Å²) < 4.78 is 61.4. The van der Waals surface area contributed by atoms with Crippen LogP contribution in [-0.2, 0) is 28.7 Å². The van der Waals surface area contributed by atoms with Crippen molar-refractivity contribution in [3.05, 3.63) is 68.6 Å². The Morgan fingerprint density at radius 1 is 1.06 bits per heavy atom. The Labute approximate surface area is 280 Å². The van der Waals surface area contributed by atoms with Crippen molar-refractivity contribution < 1.29 is 37.0 Å². The van der Waals surface area contributed by atoms with Gasteiger partial charge in [-0.1, -0.05) is 18.5 Å². The van der Waals surface area contributed by atoms with E-state index in [0.717, 1.165) is 28.9 Å². The van der Waals surface area contributed by atoms with Crippen LogP contribution in [0.25, 0.3) is 5.78 Å². The van der Waals surface area contributed by atoms with Crippen LogP contribution < -0.4 is 20.7 Å². The quantitative estimate of drug-likeness (QED) is 0.275. The first-order chi connectivity index (χ1) is 23.4. The summed E-state index contributed by atoms with van der Waals surface area (Å²) in [4.78, 5) is 54.0. The van der Waals surface area contributed by atoms with Gasteiger partial charge in [0.25, 0.3) is 11.5 Å². The van der Waals surface area contributed by atoms with Gasteiger partial charge in [-0.2, -0.15) is 22.7 Å². The van der Waals surface area contributed by atoms with Gasteiger partial charge in [0.2, 0.25) is 17.6 Å². The molecule has 6 rings (SSSR count). The van der Waals surface area contributed by atoms with Gasteiger partial charge in [-0.3, -0.25) is 14.4 Å². The number of hydrogen-bond donors (Lipinski definition) is 2. The maximum absolute atomic E-state index is 14.1. The first kappa shape index (κ1) is 33.9. The number of piperazine rings is 1. The van der Waals surface area contributed by atoms with Gasteiger partial charge in [0.15, 0.2) is 17.3 Å². The monoisotopic (exact) mass is 707 g/mol. The van der Waals surface area contributed by atoms with Crippen molar-refractivity contribution in [2.45, 2.75) is 26.1 Å². The fourth-order valence-electron chi connectivity index (χ4n) is 5.81. The summed E-state index contributed by atoms with van der Waals surface area (Å²) in [7, 11) is 0. The maximum atomic E-state index is 14.1. The van der Waals surface area contributed by atoms with Crippen LogP contribution in [0.15, 0.2) is 35.3 Å². The lowest BCUT2D eigenvalue weighted by Gasteiger charge is -2.36. The molecule has 2 aliphatic rings. The molecule has 2 saturated heterocycles. The fraction of sp³-hybridized carbons (Fsp3) is 0.400. The van der Waals surface area contributed by atoms with Crippen LogP contribution in [0.3, 0.4) is 0 Å². The number of anilines is 3. The number of halogens is 5. The smallest absolute Gasteiger partial charge is 0.416 e. The molecule has 2 aliphatic heterocycles. The number of nitrogens with one attached hydrogen (secondary N) is 1. The average molecular weight is 708 g/mol. The molecule has 2 fully saturated rings. The van der Waals surface area contributed by atoms with E-state index < -0.39 is 52.9 Å². The lowest BCUT2D eigenvalue weighted by Crippen LogP contribution is -2.51. The molecule has 0 aliphatic carbocycles. The molecule has 2 amide bonds. The molecule has 0 spiro atoms. The molecule has 4 aromatic rings.